The first-order valence-corrected chi connectivity index (χ1v) is 8.69. The van der Waals surface area contributed by atoms with Crippen LogP contribution in [0, 0.1) is 11.3 Å². The third kappa shape index (κ3) is 3.34. The largest absolute Gasteiger partial charge is 0.388 e. The number of anilines is 2. The highest BCUT2D eigenvalue weighted by molar-refractivity contribution is 5.49. The predicted molar refractivity (Wildman–Crippen MR) is 88.1 cm³/mol. The van der Waals surface area contributed by atoms with E-state index in [9.17, 15) is 4.79 Å². The van der Waals surface area contributed by atoms with Crippen molar-refractivity contribution in [1.29, 1.82) is 5.26 Å². The van der Waals surface area contributed by atoms with Gasteiger partial charge in [0.1, 0.15) is 6.07 Å². The number of hydrogen-bond donors (Lipinski definition) is 1. The lowest BCUT2D eigenvalue weighted by Gasteiger charge is -2.41. The van der Waals surface area contributed by atoms with Crippen molar-refractivity contribution in [3.8, 4) is 6.07 Å². The van der Waals surface area contributed by atoms with Gasteiger partial charge in [0, 0.05) is 12.1 Å². The first-order valence-electron chi connectivity index (χ1n) is 8.69. The monoisotopic (exact) mass is 316 g/mol. The van der Waals surface area contributed by atoms with E-state index in [1.807, 2.05) is 0 Å². The zero-order chi connectivity index (χ0) is 16.2. The molecule has 0 bridgehead atoms. The maximum atomic E-state index is 12.0. The molecule has 0 spiro atoms. The number of aromatic nitrogens is 1. The molecule has 0 radical (unpaired) electrons. The molecule has 1 heterocycles. The second kappa shape index (κ2) is 7.03. The van der Waals surface area contributed by atoms with Gasteiger partial charge in [-0.1, -0.05) is 38.5 Å². The summed E-state index contributed by atoms with van der Waals surface area (Å²) in [4.78, 5) is 18.5. The van der Waals surface area contributed by atoms with Crippen molar-refractivity contribution in [3.05, 3.63) is 16.0 Å². The van der Waals surface area contributed by atoms with Gasteiger partial charge in [-0.05, 0) is 25.7 Å². The molecule has 0 aliphatic heterocycles. The average molecular weight is 316 g/mol. The lowest BCUT2D eigenvalue weighted by atomic mass is 9.89. The summed E-state index contributed by atoms with van der Waals surface area (Å²) >= 11 is 0. The molecule has 0 amide bonds. The van der Waals surface area contributed by atoms with Gasteiger partial charge in [-0.2, -0.15) is 10.2 Å². The summed E-state index contributed by atoms with van der Waals surface area (Å²) in [5.74, 6) is -0.0182. The van der Waals surface area contributed by atoms with Gasteiger partial charge in [0.2, 0.25) is 0 Å². The summed E-state index contributed by atoms with van der Waals surface area (Å²) in [6.07, 6.45) is 11.7. The van der Waals surface area contributed by atoms with Crippen molar-refractivity contribution >= 4 is 11.8 Å². The zero-order valence-electron chi connectivity index (χ0n) is 13.5. The lowest BCUT2D eigenvalue weighted by molar-refractivity contribution is 0.313. The molecular weight excluding hydrogens is 292 g/mol. The van der Waals surface area contributed by atoms with Crippen LogP contribution in [0.2, 0.25) is 0 Å². The van der Waals surface area contributed by atoms with Crippen LogP contribution in [-0.4, -0.2) is 17.1 Å². The molecule has 2 saturated carbocycles. The van der Waals surface area contributed by atoms with Gasteiger partial charge in [-0.15, -0.1) is 0 Å². The van der Waals surface area contributed by atoms with E-state index in [0.717, 1.165) is 25.7 Å². The van der Waals surface area contributed by atoms with E-state index in [0.29, 0.717) is 18.1 Å². The van der Waals surface area contributed by atoms with Crippen LogP contribution < -0.4 is 16.3 Å². The second-order valence-corrected chi connectivity index (χ2v) is 6.65. The van der Waals surface area contributed by atoms with Gasteiger partial charge in [0.05, 0.1) is 0 Å². The van der Waals surface area contributed by atoms with Crippen molar-refractivity contribution in [1.82, 2.24) is 4.98 Å². The Labute approximate surface area is 136 Å². The molecule has 2 N–H and O–H groups in total. The van der Waals surface area contributed by atoms with Crippen molar-refractivity contribution in [2.45, 2.75) is 76.3 Å². The van der Waals surface area contributed by atoms with Crippen LogP contribution >= 0.6 is 0 Å². The van der Waals surface area contributed by atoms with Gasteiger partial charge in [-0.25, -0.2) is 4.79 Å². The minimum absolute atomic E-state index is 0.0182. The van der Waals surface area contributed by atoms with Gasteiger partial charge in [-0.3, -0.25) is 0 Å². The fourth-order valence-corrected chi connectivity index (χ4v) is 3.96. The van der Waals surface area contributed by atoms with Crippen LogP contribution in [-0.2, 0) is 0 Å². The van der Waals surface area contributed by atoms with Crippen LogP contribution in [0.3, 0.4) is 0 Å². The highest BCUT2D eigenvalue weighted by atomic mass is 16.4. The highest BCUT2D eigenvalue weighted by Crippen LogP contribution is 2.33. The standard InChI is InChI=1S/C17H24N4O2/c18-11-14-15(19)20-17(23-16(14)22)21(12-7-3-1-4-8-12)13-9-5-2-6-10-13/h12-13H,1-10,19H2. The van der Waals surface area contributed by atoms with Crippen LogP contribution in [0.15, 0.2) is 9.21 Å². The maximum absolute atomic E-state index is 12.0. The minimum Gasteiger partial charge on any atom is -0.388 e. The number of nitrogen functional groups attached to an aromatic ring is 1. The Morgan fingerprint density at radius 2 is 1.57 bits per heavy atom. The lowest BCUT2D eigenvalue weighted by Crippen LogP contribution is -2.46. The summed E-state index contributed by atoms with van der Waals surface area (Å²) in [7, 11) is 0. The van der Waals surface area contributed by atoms with Crippen LogP contribution in [0.4, 0.5) is 11.8 Å². The van der Waals surface area contributed by atoms with Crippen LogP contribution in [0.1, 0.15) is 69.8 Å². The molecule has 0 saturated heterocycles. The molecule has 0 unspecified atom stereocenters. The molecule has 6 nitrogen and oxygen atoms in total. The average Bonchev–Trinajstić information content (AvgIpc) is 2.57. The number of hydrogen-bond acceptors (Lipinski definition) is 6. The van der Waals surface area contributed by atoms with Crippen molar-refractivity contribution in [2.75, 3.05) is 10.6 Å². The third-order valence-corrected chi connectivity index (χ3v) is 5.13. The molecule has 2 aliphatic carbocycles. The maximum Gasteiger partial charge on any atom is 0.360 e. The zero-order valence-corrected chi connectivity index (χ0v) is 13.5. The second-order valence-electron chi connectivity index (χ2n) is 6.65. The summed E-state index contributed by atoms with van der Waals surface area (Å²) in [5.41, 5.74) is 4.94. The van der Waals surface area contributed by atoms with Crippen LogP contribution in [0.25, 0.3) is 0 Å². The Morgan fingerprint density at radius 1 is 1.04 bits per heavy atom. The summed E-state index contributed by atoms with van der Waals surface area (Å²) in [6, 6.07) is 2.80. The summed E-state index contributed by atoms with van der Waals surface area (Å²) in [5, 5.41) is 8.98. The minimum atomic E-state index is -0.674. The SMILES string of the molecule is N#Cc1c(N)nc(N(C2CCCCC2)C2CCCCC2)oc1=O. The van der Waals surface area contributed by atoms with E-state index in [4.69, 9.17) is 15.4 Å². The van der Waals surface area contributed by atoms with Gasteiger partial charge >= 0.3 is 11.6 Å². The fraction of sp³-hybridized carbons (Fsp3) is 0.706. The smallest absolute Gasteiger partial charge is 0.360 e. The van der Waals surface area contributed by atoms with Crippen molar-refractivity contribution in [3.63, 3.8) is 0 Å². The quantitative estimate of drug-likeness (QED) is 0.921. The Bertz CT molecular complexity index is 619. The van der Waals surface area contributed by atoms with Crippen molar-refractivity contribution < 1.29 is 4.42 Å². The van der Waals surface area contributed by atoms with E-state index in [2.05, 4.69) is 9.88 Å². The third-order valence-electron chi connectivity index (χ3n) is 5.13. The highest BCUT2D eigenvalue weighted by Gasteiger charge is 2.32. The number of rotatable bonds is 3. The van der Waals surface area contributed by atoms with Gasteiger partial charge in [0.15, 0.2) is 11.4 Å². The number of nitrogens with zero attached hydrogens (tertiary/aromatic N) is 3. The summed E-state index contributed by atoms with van der Waals surface area (Å²) < 4.78 is 5.41. The molecule has 3 rings (SSSR count). The first kappa shape index (κ1) is 15.9. The first-order chi connectivity index (χ1) is 11.2. The molecule has 23 heavy (non-hydrogen) atoms. The van der Waals surface area contributed by atoms with Crippen LogP contribution in [0.5, 0.6) is 0 Å². The fourth-order valence-electron chi connectivity index (χ4n) is 3.96. The summed E-state index contributed by atoms with van der Waals surface area (Å²) in [6.45, 7) is 0. The number of nitriles is 1. The Balaban J connectivity index is 1.97. The molecule has 0 aromatic carbocycles. The van der Waals surface area contributed by atoms with Crippen molar-refractivity contribution in [2.24, 2.45) is 0 Å². The Hall–Kier alpha value is -2.03. The molecule has 2 aliphatic rings. The molecular formula is C17H24N4O2. The molecule has 1 aromatic heterocycles. The topological polar surface area (TPSA) is 96.2 Å². The molecule has 124 valence electrons. The Morgan fingerprint density at radius 3 is 2.00 bits per heavy atom. The van der Waals surface area contributed by atoms with E-state index in [1.165, 1.54) is 38.5 Å². The molecule has 2 fully saturated rings. The van der Waals surface area contributed by atoms with E-state index in [-0.39, 0.29) is 11.4 Å². The normalized spacial score (nSPS) is 20.1. The Kier molecular flexibility index (Phi) is 4.85. The van der Waals surface area contributed by atoms with E-state index < -0.39 is 5.63 Å². The predicted octanol–water partition coefficient (Wildman–Crippen LogP) is 2.96. The van der Waals surface area contributed by atoms with Gasteiger partial charge < -0.3 is 15.1 Å². The van der Waals surface area contributed by atoms with E-state index >= 15 is 0 Å². The molecule has 6 heteroatoms. The van der Waals surface area contributed by atoms with Gasteiger partial charge in [0.25, 0.3) is 0 Å². The molecule has 1 aromatic rings. The number of nitrogens with two attached hydrogens (primary N) is 1. The molecule has 0 atom stereocenters. The van der Waals surface area contributed by atoms with E-state index in [1.54, 1.807) is 6.07 Å².